The van der Waals surface area contributed by atoms with Gasteiger partial charge in [0.2, 0.25) is 0 Å². The van der Waals surface area contributed by atoms with Crippen LogP contribution in [0.1, 0.15) is 26.7 Å². The lowest BCUT2D eigenvalue weighted by atomic mass is 9.68. The molecule has 0 spiro atoms. The van der Waals surface area contributed by atoms with E-state index in [0.29, 0.717) is 12.0 Å². The van der Waals surface area contributed by atoms with Crippen LogP contribution in [0.5, 0.6) is 0 Å². The number of carbonyl (C=O) groups is 3. The van der Waals surface area contributed by atoms with Crippen LogP contribution in [-0.4, -0.2) is 27.9 Å². The third-order valence-corrected chi connectivity index (χ3v) is 4.46. The second-order valence-corrected chi connectivity index (χ2v) is 5.02. The van der Waals surface area contributed by atoms with Crippen molar-refractivity contribution in [3.05, 3.63) is 11.6 Å². The zero-order valence-corrected chi connectivity index (χ0v) is 9.69. The molecule has 2 unspecified atom stereocenters. The van der Waals surface area contributed by atoms with Crippen LogP contribution in [0.4, 0.5) is 0 Å². The van der Waals surface area contributed by atoms with Crippen LogP contribution in [0.15, 0.2) is 11.6 Å². The monoisotopic (exact) mass is 238 g/mol. The van der Waals surface area contributed by atoms with Gasteiger partial charge in [-0.3, -0.25) is 14.4 Å². The van der Waals surface area contributed by atoms with Gasteiger partial charge in [-0.25, -0.2) is 0 Å². The molecule has 0 heterocycles. The molecule has 2 aliphatic rings. The van der Waals surface area contributed by atoms with Crippen molar-refractivity contribution >= 4 is 17.7 Å². The summed E-state index contributed by atoms with van der Waals surface area (Å²) in [6.45, 7) is 3.30. The molecule has 0 amide bonds. The summed E-state index contributed by atoms with van der Waals surface area (Å²) in [5, 5.41) is 18.5. The fourth-order valence-corrected chi connectivity index (χ4v) is 3.30. The summed E-state index contributed by atoms with van der Waals surface area (Å²) in [5.74, 6) is -3.49. The number of fused-ring (bicyclic) bond motifs is 1. The van der Waals surface area contributed by atoms with Gasteiger partial charge in [0.25, 0.3) is 0 Å². The van der Waals surface area contributed by atoms with Gasteiger partial charge in [0.1, 0.15) is 5.78 Å². The molecule has 1 fully saturated rings. The number of Topliss-reactive ketones (excluding diaryl/α,β-unsaturated/α-hetero) is 1. The van der Waals surface area contributed by atoms with E-state index >= 15 is 0 Å². The predicted molar refractivity (Wildman–Crippen MR) is 57.3 cm³/mol. The standard InChI is InChI=1S/C12H14O5/c1-6-5-12(9(14)15,10(16)17)7-3-4-8(13)11(6,7)2/h5,7H,3-4H2,1-2H3,(H,14,15)(H,16,17). The molecule has 2 rings (SSSR count). The maximum atomic E-state index is 11.9. The molecule has 5 nitrogen and oxygen atoms in total. The molecule has 1 saturated carbocycles. The van der Waals surface area contributed by atoms with Crippen LogP contribution in [-0.2, 0) is 14.4 Å². The molecule has 2 N–H and O–H groups in total. The Labute approximate surface area is 98.1 Å². The number of hydrogen-bond acceptors (Lipinski definition) is 3. The largest absolute Gasteiger partial charge is 0.480 e. The van der Waals surface area contributed by atoms with E-state index in [0.717, 1.165) is 0 Å². The molecule has 0 aliphatic heterocycles. The number of carboxylic acids is 2. The molecule has 0 radical (unpaired) electrons. The normalized spacial score (nSPS) is 34.4. The summed E-state index contributed by atoms with van der Waals surface area (Å²) < 4.78 is 0. The van der Waals surface area contributed by atoms with Crippen molar-refractivity contribution in [1.82, 2.24) is 0 Å². The van der Waals surface area contributed by atoms with Crippen molar-refractivity contribution in [1.29, 1.82) is 0 Å². The Balaban J connectivity index is 2.65. The van der Waals surface area contributed by atoms with Crippen molar-refractivity contribution < 1.29 is 24.6 Å². The average molecular weight is 238 g/mol. The second kappa shape index (κ2) is 3.18. The van der Waals surface area contributed by atoms with E-state index in [1.54, 1.807) is 13.8 Å². The van der Waals surface area contributed by atoms with E-state index in [9.17, 15) is 24.6 Å². The number of ketones is 1. The minimum Gasteiger partial charge on any atom is -0.480 e. The number of carboxylic acid groups (broad SMARTS) is 2. The van der Waals surface area contributed by atoms with Gasteiger partial charge in [-0.2, -0.15) is 0 Å². The van der Waals surface area contributed by atoms with Gasteiger partial charge in [-0.05, 0) is 20.3 Å². The Hall–Kier alpha value is -1.65. The smallest absolute Gasteiger partial charge is 0.325 e. The maximum absolute atomic E-state index is 11.9. The number of allylic oxidation sites excluding steroid dienone is 1. The first kappa shape index (κ1) is 11.8. The second-order valence-electron chi connectivity index (χ2n) is 5.02. The van der Waals surface area contributed by atoms with E-state index in [-0.39, 0.29) is 12.2 Å². The minimum absolute atomic E-state index is 0.0550. The summed E-state index contributed by atoms with van der Waals surface area (Å²) in [7, 11) is 0. The zero-order valence-electron chi connectivity index (χ0n) is 9.69. The van der Waals surface area contributed by atoms with Crippen molar-refractivity contribution in [2.75, 3.05) is 0 Å². The number of hydrogen-bond donors (Lipinski definition) is 2. The Morgan fingerprint density at radius 1 is 1.35 bits per heavy atom. The Bertz CT molecular complexity index is 448. The highest BCUT2D eigenvalue weighted by molar-refractivity contribution is 6.05. The van der Waals surface area contributed by atoms with Crippen LogP contribution < -0.4 is 0 Å². The van der Waals surface area contributed by atoms with Gasteiger partial charge in [0.05, 0.1) is 5.41 Å². The molecule has 17 heavy (non-hydrogen) atoms. The van der Waals surface area contributed by atoms with E-state index in [2.05, 4.69) is 0 Å². The SMILES string of the molecule is CC1=CC(C(=O)O)(C(=O)O)C2CCC(=O)C12C. The summed E-state index contributed by atoms with van der Waals surface area (Å²) in [4.78, 5) is 34.6. The van der Waals surface area contributed by atoms with Crippen LogP contribution >= 0.6 is 0 Å². The average Bonchev–Trinajstić information content (AvgIpc) is 2.64. The van der Waals surface area contributed by atoms with Crippen LogP contribution in [0, 0.1) is 16.7 Å². The molecule has 0 bridgehead atoms. The van der Waals surface area contributed by atoms with E-state index in [1.807, 2.05) is 0 Å². The Morgan fingerprint density at radius 2 is 1.88 bits per heavy atom. The van der Waals surface area contributed by atoms with E-state index in [1.165, 1.54) is 6.08 Å². The van der Waals surface area contributed by atoms with E-state index < -0.39 is 28.7 Å². The fourth-order valence-electron chi connectivity index (χ4n) is 3.30. The third-order valence-electron chi connectivity index (χ3n) is 4.46. The molecule has 92 valence electrons. The minimum atomic E-state index is -1.94. The lowest BCUT2D eigenvalue weighted by molar-refractivity contribution is -0.165. The highest BCUT2D eigenvalue weighted by Gasteiger charge is 2.66. The first-order valence-electron chi connectivity index (χ1n) is 5.48. The van der Waals surface area contributed by atoms with Gasteiger partial charge in [0.15, 0.2) is 5.41 Å². The molecular formula is C12H14O5. The summed E-state index contributed by atoms with van der Waals surface area (Å²) in [5.41, 5.74) is -2.29. The van der Waals surface area contributed by atoms with Gasteiger partial charge in [-0.15, -0.1) is 0 Å². The molecule has 2 atom stereocenters. The topological polar surface area (TPSA) is 91.7 Å². The van der Waals surface area contributed by atoms with Crippen molar-refractivity contribution in [3.63, 3.8) is 0 Å². The van der Waals surface area contributed by atoms with Crippen molar-refractivity contribution in [3.8, 4) is 0 Å². The van der Waals surface area contributed by atoms with Gasteiger partial charge in [-0.1, -0.05) is 11.6 Å². The Kier molecular flexibility index (Phi) is 2.21. The zero-order chi connectivity index (χ0) is 13.0. The molecule has 5 heteroatoms. The molecule has 0 aromatic rings. The summed E-state index contributed by atoms with van der Waals surface area (Å²) in [6.07, 6.45) is 1.83. The van der Waals surface area contributed by atoms with Gasteiger partial charge in [0, 0.05) is 12.3 Å². The fraction of sp³-hybridized carbons (Fsp3) is 0.583. The summed E-state index contributed by atoms with van der Waals surface area (Å²) in [6, 6.07) is 0. The first-order chi connectivity index (χ1) is 7.77. The van der Waals surface area contributed by atoms with Crippen LogP contribution in [0.25, 0.3) is 0 Å². The molecular weight excluding hydrogens is 224 g/mol. The number of aliphatic carboxylic acids is 2. The first-order valence-corrected chi connectivity index (χ1v) is 5.48. The van der Waals surface area contributed by atoms with Crippen LogP contribution in [0.3, 0.4) is 0 Å². The molecule has 2 aliphatic carbocycles. The number of carbonyl (C=O) groups excluding carboxylic acids is 1. The quantitative estimate of drug-likeness (QED) is 0.555. The van der Waals surface area contributed by atoms with E-state index in [4.69, 9.17) is 0 Å². The maximum Gasteiger partial charge on any atom is 0.325 e. The van der Waals surface area contributed by atoms with Crippen molar-refractivity contribution in [2.24, 2.45) is 16.7 Å². The lowest BCUT2D eigenvalue weighted by Gasteiger charge is -2.31. The van der Waals surface area contributed by atoms with Crippen molar-refractivity contribution in [2.45, 2.75) is 26.7 Å². The highest BCUT2D eigenvalue weighted by Crippen LogP contribution is 2.59. The van der Waals surface area contributed by atoms with Gasteiger partial charge < -0.3 is 10.2 Å². The Morgan fingerprint density at radius 3 is 2.35 bits per heavy atom. The highest BCUT2D eigenvalue weighted by atomic mass is 16.4. The van der Waals surface area contributed by atoms with Gasteiger partial charge >= 0.3 is 11.9 Å². The van der Waals surface area contributed by atoms with Crippen LogP contribution in [0.2, 0.25) is 0 Å². The third kappa shape index (κ3) is 1.11. The molecule has 0 saturated heterocycles. The lowest BCUT2D eigenvalue weighted by Crippen LogP contribution is -2.45. The number of rotatable bonds is 2. The molecule has 0 aromatic carbocycles. The predicted octanol–water partition coefficient (Wildman–Crippen LogP) is 1.09. The molecule has 0 aromatic heterocycles. The summed E-state index contributed by atoms with van der Waals surface area (Å²) >= 11 is 0.